The van der Waals surface area contributed by atoms with Gasteiger partial charge in [0.2, 0.25) is 0 Å². The molecule has 1 aromatic rings. The topological polar surface area (TPSA) is 18.5 Å². The Morgan fingerprint density at radius 3 is 2.53 bits per heavy atom. The molecule has 15 heavy (non-hydrogen) atoms. The maximum absolute atomic E-state index is 5.91. The molecule has 4 heteroatoms. The van der Waals surface area contributed by atoms with E-state index in [2.05, 4.69) is 62.8 Å². The second-order valence-electron chi connectivity index (χ2n) is 3.49. The van der Waals surface area contributed by atoms with Gasteiger partial charge in [0.05, 0.1) is 19.3 Å². The lowest BCUT2D eigenvalue weighted by Gasteiger charge is -2.30. The summed E-state index contributed by atoms with van der Waals surface area (Å²) >= 11 is 5.79. The first-order valence-electron chi connectivity index (χ1n) is 4.84. The lowest BCUT2D eigenvalue weighted by Crippen LogP contribution is -2.37. The van der Waals surface area contributed by atoms with E-state index in [0.717, 1.165) is 22.1 Å². The van der Waals surface area contributed by atoms with E-state index in [1.807, 2.05) is 0 Å². The summed E-state index contributed by atoms with van der Waals surface area (Å²) in [4.78, 5) is 0. The number of hydrogen-bond donors (Lipinski definition) is 0. The number of hydrogen-bond acceptors (Lipinski definition) is 2. The lowest BCUT2D eigenvalue weighted by atomic mass is 10.1. The Morgan fingerprint density at radius 1 is 1.40 bits per heavy atom. The molecule has 0 spiro atoms. The molecule has 0 bridgehead atoms. The predicted octanol–water partition coefficient (Wildman–Crippen LogP) is 3.34. The van der Waals surface area contributed by atoms with Gasteiger partial charge in [-0.1, -0.05) is 50.7 Å². The Balaban J connectivity index is 2.01. The zero-order valence-electron chi connectivity index (χ0n) is 8.16. The summed E-state index contributed by atoms with van der Waals surface area (Å²) in [6.45, 7) is 1.48. The van der Waals surface area contributed by atoms with Crippen LogP contribution in [0.5, 0.6) is 0 Å². The summed E-state index contributed by atoms with van der Waals surface area (Å²) in [6.07, 6.45) is 0.473. The Labute approximate surface area is 112 Å². The summed E-state index contributed by atoms with van der Waals surface area (Å²) in [6, 6.07) is 8.31. The third-order valence-electron chi connectivity index (χ3n) is 2.35. The monoisotopic (exact) mass is 382 g/mol. The highest BCUT2D eigenvalue weighted by atomic mass is 127. The van der Waals surface area contributed by atoms with E-state index in [0.29, 0.717) is 0 Å². The van der Waals surface area contributed by atoms with Gasteiger partial charge in [0.1, 0.15) is 6.10 Å². The molecule has 0 aromatic heterocycles. The van der Waals surface area contributed by atoms with Gasteiger partial charge in [-0.15, -0.1) is 0 Å². The van der Waals surface area contributed by atoms with Gasteiger partial charge < -0.3 is 9.47 Å². The minimum absolute atomic E-state index is 0.188. The van der Waals surface area contributed by atoms with Crippen LogP contribution in [0.1, 0.15) is 11.7 Å². The average molecular weight is 383 g/mol. The van der Waals surface area contributed by atoms with Crippen LogP contribution in [-0.4, -0.2) is 23.7 Å². The van der Waals surface area contributed by atoms with Gasteiger partial charge >= 0.3 is 0 Å². The van der Waals surface area contributed by atoms with Crippen LogP contribution in [0.2, 0.25) is 0 Å². The van der Waals surface area contributed by atoms with Crippen LogP contribution < -0.4 is 0 Å². The van der Waals surface area contributed by atoms with Gasteiger partial charge in [0.25, 0.3) is 0 Å². The summed E-state index contributed by atoms with van der Waals surface area (Å²) in [7, 11) is 0. The second-order valence-corrected chi connectivity index (χ2v) is 5.29. The first-order chi connectivity index (χ1) is 7.29. The fourth-order valence-corrected chi connectivity index (χ4v) is 2.39. The molecule has 0 saturated carbocycles. The van der Waals surface area contributed by atoms with E-state index in [9.17, 15) is 0 Å². The van der Waals surface area contributed by atoms with E-state index in [4.69, 9.17) is 9.47 Å². The van der Waals surface area contributed by atoms with Crippen LogP contribution in [-0.2, 0) is 9.47 Å². The van der Waals surface area contributed by atoms with Crippen molar-refractivity contribution in [2.75, 3.05) is 17.6 Å². The number of halogens is 2. The van der Waals surface area contributed by atoms with Crippen LogP contribution in [0, 0.1) is 0 Å². The molecular weight excluding hydrogens is 371 g/mol. The van der Waals surface area contributed by atoms with E-state index in [1.165, 1.54) is 5.56 Å². The molecule has 2 rings (SSSR count). The Hall–Kier alpha value is 0.350. The van der Waals surface area contributed by atoms with Crippen LogP contribution in [0.4, 0.5) is 0 Å². The minimum Gasteiger partial charge on any atom is -0.376 e. The van der Waals surface area contributed by atoms with Crippen molar-refractivity contribution < 1.29 is 9.47 Å². The van der Waals surface area contributed by atoms with Crippen molar-refractivity contribution in [1.82, 2.24) is 0 Å². The molecular formula is C11H12BrIO2. The zero-order chi connectivity index (χ0) is 10.7. The van der Waals surface area contributed by atoms with Crippen molar-refractivity contribution in [3.05, 3.63) is 34.3 Å². The van der Waals surface area contributed by atoms with E-state index in [1.54, 1.807) is 0 Å². The largest absolute Gasteiger partial charge is 0.376 e. The molecule has 1 fully saturated rings. The molecule has 1 aromatic carbocycles. The predicted molar refractivity (Wildman–Crippen MR) is 71.5 cm³/mol. The molecule has 1 aliphatic rings. The van der Waals surface area contributed by atoms with Crippen molar-refractivity contribution in [2.45, 2.75) is 12.2 Å². The van der Waals surface area contributed by atoms with E-state index >= 15 is 0 Å². The van der Waals surface area contributed by atoms with E-state index < -0.39 is 0 Å². The summed E-state index contributed by atoms with van der Waals surface area (Å²) < 4.78 is 13.1. The second kappa shape index (κ2) is 5.61. The molecule has 1 heterocycles. The van der Waals surface area contributed by atoms with Gasteiger partial charge in [-0.3, -0.25) is 0 Å². The summed E-state index contributed by atoms with van der Waals surface area (Å²) in [5, 5.41) is 0. The highest BCUT2D eigenvalue weighted by Crippen LogP contribution is 2.25. The third-order valence-corrected chi connectivity index (χ3v) is 3.67. The number of ether oxygens (including phenoxy) is 2. The maximum atomic E-state index is 5.91. The quantitative estimate of drug-likeness (QED) is 0.587. The molecule has 1 atom stereocenters. The van der Waals surface area contributed by atoms with Crippen LogP contribution in [0.15, 0.2) is 28.7 Å². The Bertz CT molecular complexity index is 311. The zero-order valence-corrected chi connectivity index (χ0v) is 11.9. The van der Waals surface area contributed by atoms with Gasteiger partial charge in [-0.25, -0.2) is 0 Å². The van der Waals surface area contributed by atoms with Crippen molar-refractivity contribution in [3.8, 4) is 0 Å². The number of alkyl halides is 1. The fraction of sp³-hybridized carbons (Fsp3) is 0.455. The lowest BCUT2D eigenvalue weighted by molar-refractivity contribution is -0.150. The van der Waals surface area contributed by atoms with Crippen LogP contribution in [0.3, 0.4) is 0 Å². The molecule has 0 N–H and O–H groups in total. The van der Waals surface area contributed by atoms with Crippen molar-refractivity contribution in [2.24, 2.45) is 0 Å². The molecule has 82 valence electrons. The molecule has 0 amide bonds. The van der Waals surface area contributed by atoms with Gasteiger partial charge in [0, 0.05) is 8.90 Å². The standard InChI is InChI=1S/C11H12BrIO2/c12-9-3-1-8(2-4-9)11(5-13)15-10-6-14-7-10/h1-4,10-11H,5-7H2. The van der Waals surface area contributed by atoms with Crippen LogP contribution in [0.25, 0.3) is 0 Å². The average Bonchev–Trinajstić information content (AvgIpc) is 2.19. The molecule has 1 saturated heterocycles. The number of rotatable bonds is 4. The smallest absolute Gasteiger partial charge is 0.105 e. The first kappa shape index (κ1) is 11.8. The first-order valence-corrected chi connectivity index (χ1v) is 7.16. The van der Waals surface area contributed by atoms with Crippen molar-refractivity contribution >= 4 is 38.5 Å². The van der Waals surface area contributed by atoms with Crippen molar-refractivity contribution in [1.29, 1.82) is 0 Å². The molecule has 2 nitrogen and oxygen atoms in total. The van der Waals surface area contributed by atoms with Gasteiger partial charge in [-0.05, 0) is 17.7 Å². The van der Waals surface area contributed by atoms with Gasteiger partial charge in [0.15, 0.2) is 0 Å². The van der Waals surface area contributed by atoms with Crippen LogP contribution >= 0.6 is 38.5 Å². The Morgan fingerprint density at radius 2 is 2.07 bits per heavy atom. The molecule has 1 unspecified atom stereocenters. The van der Waals surface area contributed by atoms with Gasteiger partial charge in [-0.2, -0.15) is 0 Å². The molecule has 0 aliphatic carbocycles. The van der Waals surface area contributed by atoms with Crippen molar-refractivity contribution in [3.63, 3.8) is 0 Å². The summed E-state index contributed by atoms with van der Waals surface area (Å²) in [5.74, 6) is 0. The summed E-state index contributed by atoms with van der Waals surface area (Å²) in [5.41, 5.74) is 1.24. The third kappa shape index (κ3) is 3.15. The SMILES string of the molecule is Brc1ccc(C(CI)OC2COC2)cc1. The number of benzene rings is 1. The normalized spacial score (nSPS) is 18.5. The fourth-order valence-electron chi connectivity index (χ4n) is 1.41. The van der Waals surface area contributed by atoms with E-state index in [-0.39, 0.29) is 12.2 Å². The molecule has 0 radical (unpaired) electrons. The minimum atomic E-state index is 0.188. The highest BCUT2D eigenvalue weighted by molar-refractivity contribution is 14.1. The molecule has 1 aliphatic heterocycles. The highest BCUT2D eigenvalue weighted by Gasteiger charge is 2.23. The maximum Gasteiger partial charge on any atom is 0.105 e. The Kier molecular flexibility index (Phi) is 4.42.